The number of nitrogens with zero attached hydrogens (tertiary/aromatic N) is 1. The zero-order chi connectivity index (χ0) is 10.8. The van der Waals surface area contributed by atoms with E-state index in [1.807, 2.05) is 18.2 Å². The minimum atomic E-state index is 0. The molecule has 1 aliphatic heterocycles. The summed E-state index contributed by atoms with van der Waals surface area (Å²) >= 11 is 0. The third-order valence-electron chi connectivity index (χ3n) is 3.06. The van der Waals surface area contributed by atoms with E-state index in [-0.39, 0.29) is 12.4 Å². The average molecular weight is 243 g/mol. The lowest BCUT2D eigenvalue weighted by Crippen LogP contribution is -2.28. The van der Waals surface area contributed by atoms with E-state index in [0.29, 0.717) is 17.7 Å². The van der Waals surface area contributed by atoms with Crippen LogP contribution in [0.4, 0.5) is 0 Å². The molecule has 0 radical (unpaired) electrons. The highest BCUT2D eigenvalue weighted by Gasteiger charge is 2.26. The highest BCUT2D eigenvalue weighted by atomic mass is 35.5. The number of hydrogen-bond acceptors (Lipinski definition) is 3. The van der Waals surface area contributed by atoms with E-state index < -0.39 is 0 Å². The van der Waals surface area contributed by atoms with Gasteiger partial charge in [0, 0.05) is 25.7 Å². The Morgan fingerprint density at radius 3 is 2.75 bits per heavy atom. The maximum absolute atomic E-state index is 9.35. The number of nitrogens with two attached hydrogens (primary N) is 1. The van der Waals surface area contributed by atoms with Crippen LogP contribution < -0.4 is 5.73 Å². The summed E-state index contributed by atoms with van der Waals surface area (Å²) < 4.78 is 0. The number of halogens is 1. The quantitative estimate of drug-likeness (QED) is 0.828. The smallest absolute Gasteiger partial charge is 0.115 e. The van der Waals surface area contributed by atoms with E-state index in [2.05, 4.69) is 11.8 Å². The minimum Gasteiger partial charge on any atom is -0.508 e. The van der Waals surface area contributed by atoms with E-state index >= 15 is 0 Å². The summed E-state index contributed by atoms with van der Waals surface area (Å²) in [5.41, 5.74) is 7.11. The van der Waals surface area contributed by atoms with E-state index in [9.17, 15) is 5.11 Å². The van der Waals surface area contributed by atoms with Gasteiger partial charge in [0.15, 0.2) is 0 Å². The molecule has 3 nitrogen and oxygen atoms in total. The molecule has 0 aliphatic carbocycles. The first-order valence-corrected chi connectivity index (χ1v) is 5.41. The van der Waals surface area contributed by atoms with Crippen molar-refractivity contribution >= 4 is 12.4 Å². The summed E-state index contributed by atoms with van der Waals surface area (Å²) in [4.78, 5) is 2.34. The van der Waals surface area contributed by atoms with Crippen LogP contribution in [0, 0.1) is 5.92 Å². The number of hydrogen-bond donors (Lipinski definition) is 2. The van der Waals surface area contributed by atoms with Crippen LogP contribution in [0.5, 0.6) is 5.75 Å². The predicted molar refractivity (Wildman–Crippen MR) is 67.8 cm³/mol. The SMILES string of the molecule is CC1CN(Cc2cccc(O)c2)CC1N.Cl. The Balaban J connectivity index is 0.00000128. The van der Waals surface area contributed by atoms with Crippen LogP contribution >= 0.6 is 12.4 Å². The first-order chi connectivity index (χ1) is 7.15. The second-order valence-corrected chi connectivity index (χ2v) is 4.51. The van der Waals surface area contributed by atoms with Crippen LogP contribution in [0.25, 0.3) is 0 Å². The van der Waals surface area contributed by atoms with Gasteiger partial charge in [0.1, 0.15) is 5.75 Å². The summed E-state index contributed by atoms with van der Waals surface area (Å²) in [5.74, 6) is 0.909. The number of phenols is 1. The molecule has 2 unspecified atom stereocenters. The Bertz CT molecular complexity index is 336. The van der Waals surface area contributed by atoms with E-state index in [1.54, 1.807) is 6.07 Å². The second kappa shape index (κ2) is 5.53. The minimum absolute atomic E-state index is 0. The third kappa shape index (κ3) is 3.11. The average Bonchev–Trinajstić information content (AvgIpc) is 2.45. The van der Waals surface area contributed by atoms with Gasteiger partial charge >= 0.3 is 0 Å². The Hall–Kier alpha value is -0.770. The molecule has 16 heavy (non-hydrogen) atoms. The summed E-state index contributed by atoms with van der Waals surface area (Å²) in [6.07, 6.45) is 0. The fraction of sp³-hybridized carbons (Fsp3) is 0.500. The molecule has 1 aromatic rings. The highest BCUT2D eigenvalue weighted by molar-refractivity contribution is 5.85. The molecule has 0 spiro atoms. The Labute approximate surface area is 103 Å². The lowest BCUT2D eigenvalue weighted by molar-refractivity contribution is 0.318. The van der Waals surface area contributed by atoms with Gasteiger partial charge in [0.2, 0.25) is 0 Å². The van der Waals surface area contributed by atoms with Crippen molar-refractivity contribution in [3.8, 4) is 5.75 Å². The standard InChI is InChI=1S/C12H18N2O.ClH/c1-9-6-14(8-12(9)13)7-10-3-2-4-11(15)5-10;/h2-5,9,12,15H,6-8,13H2,1H3;1H. The third-order valence-corrected chi connectivity index (χ3v) is 3.06. The molecule has 0 aromatic heterocycles. The Morgan fingerprint density at radius 1 is 1.44 bits per heavy atom. The van der Waals surface area contributed by atoms with Crippen molar-refractivity contribution in [2.45, 2.75) is 19.5 Å². The largest absolute Gasteiger partial charge is 0.508 e. The first-order valence-electron chi connectivity index (χ1n) is 5.41. The second-order valence-electron chi connectivity index (χ2n) is 4.51. The van der Waals surface area contributed by atoms with Gasteiger partial charge < -0.3 is 10.8 Å². The van der Waals surface area contributed by atoms with E-state index in [1.165, 1.54) is 0 Å². The van der Waals surface area contributed by atoms with Crippen LogP contribution in [0.3, 0.4) is 0 Å². The molecule has 0 amide bonds. The van der Waals surface area contributed by atoms with Gasteiger partial charge in [-0.15, -0.1) is 12.4 Å². The predicted octanol–water partition coefficient (Wildman–Crippen LogP) is 1.59. The van der Waals surface area contributed by atoms with Gasteiger partial charge in [-0.3, -0.25) is 4.90 Å². The monoisotopic (exact) mass is 242 g/mol. The normalized spacial score (nSPS) is 25.4. The number of aromatic hydroxyl groups is 1. The maximum Gasteiger partial charge on any atom is 0.115 e. The number of benzene rings is 1. The van der Waals surface area contributed by atoms with Gasteiger partial charge in [-0.2, -0.15) is 0 Å². The summed E-state index contributed by atoms with van der Waals surface area (Å²) in [5, 5.41) is 9.35. The summed E-state index contributed by atoms with van der Waals surface area (Å²) in [7, 11) is 0. The van der Waals surface area contributed by atoms with Crippen LogP contribution in [0.15, 0.2) is 24.3 Å². The van der Waals surface area contributed by atoms with Crippen molar-refractivity contribution in [1.82, 2.24) is 4.90 Å². The molecule has 1 heterocycles. The molecule has 0 saturated carbocycles. The highest BCUT2D eigenvalue weighted by Crippen LogP contribution is 2.19. The lowest BCUT2D eigenvalue weighted by Gasteiger charge is -2.15. The van der Waals surface area contributed by atoms with E-state index in [4.69, 9.17) is 5.73 Å². The van der Waals surface area contributed by atoms with Gasteiger partial charge in [-0.25, -0.2) is 0 Å². The van der Waals surface area contributed by atoms with Gasteiger partial charge in [-0.1, -0.05) is 19.1 Å². The molecular weight excluding hydrogens is 224 g/mol. The molecule has 1 saturated heterocycles. The van der Waals surface area contributed by atoms with Crippen LogP contribution in [-0.4, -0.2) is 29.1 Å². The van der Waals surface area contributed by atoms with Crippen molar-refractivity contribution < 1.29 is 5.11 Å². The molecule has 2 rings (SSSR count). The number of rotatable bonds is 2. The molecule has 0 bridgehead atoms. The van der Waals surface area contributed by atoms with Gasteiger partial charge in [-0.05, 0) is 23.6 Å². The lowest BCUT2D eigenvalue weighted by atomic mass is 10.1. The van der Waals surface area contributed by atoms with Crippen molar-refractivity contribution in [1.29, 1.82) is 0 Å². The van der Waals surface area contributed by atoms with Crippen molar-refractivity contribution in [2.75, 3.05) is 13.1 Å². The van der Waals surface area contributed by atoms with Crippen LogP contribution in [0.2, 0.25) is 0 Å². The molecule has 1 fully saturated rings. The molecule has 90 valence electrons. The Morgan fingerprint density at radius 2 is 2.19 bits per heavy atom. The van der Waals surface area contributed by atoms with Crippen molar-refractivity contribution in [2.24, 2.45) is 11.7 Å². The summed E-state index contributed by atoms with van der Waals surface area (Å²) in [6.45, 7) is 5.08. The van der Waals surface area contributed by atoms with Crippen molar-refractivity contribution in [3.05, 3.63) is 29.8 Å². The topological polar surface area (TPSA) is 49.5 Å². The zero-order valence-corrected chi connectivity index (χ0v) is 10.3. The molecule has 4 heteroatoms. The zero-order valence-electron chi connectivity index (χ0n) is 9.47. The fourth-order valence-corrected chi connectivity index (χ4v) is 2.14. The van der Waals surface area contributed by atoms with Gasteiger partial charge in [0.05, 0.1) is 0 Å². The van der Waals surface area contributed by atoms with Crippen LogP contribution in [-0.2, 0) is 6.54 Å². The number of phenolic OH excluding ortho intramolecular Hbond substituents is 1. The maximum atomic E-state index is 9.35. The number of likely N-dealkylation sites (tertiary alicyclic amines) is 1. The summed E-state index contributed by atoms with van der Waals surface area (Å²) in [6, 6.07) is 7.72. The Kier molecular flexibility index (Phi) is 4.59. The van der Waals surface area contributed by atoms with E-state index in [0.717, 1.165) is 25.2 Å². The molecular formula is C12H19ClN2O. The first kappa shape index (κ1) is 13.3. The molecule has 3 N–H and O–H groups in total. The molecule has 2 atom stereocenters. The van der Waals surface area contributed by atoms with Gasteiger partial charge in [0.25, 0.3) is 0 Å². The molecule has 1 aromatic carbocycles. The fourth-order valence-electron chi connectivity index (χ4n) is 2.14. The van der Waals surface area contributed by atoms with Crippen LogP contribution in [0.1, 0.15) is 12.5 Å². The molecule has 1 aliphatic rings. The van der Waals surface area contributed by atoms with Crippen molar-refractivity contribution in [3.63, 3.8) is 0 Å².